The zero-order valence-electron chi connectivity index (χ0n) is 16.7. The molecule has 0 radical (unpaired) electrons. The van der Waals surface area contributed by atoms with Crippen LogP contribution in [-0.4, -0.2) is 21.3 Å². The van der Waals surface area contributed by atoms with E-state index >= 15 is 0 Å². The van der Waals surface area contributed by atoms with Crippen LogP contribution in [0.2, 0.25) is 0 Å². The number of nitrogens with zero attached hydrogens (tertiary/aromatic N) is 4. The summed E-state index contributed by atoms with van der Waals surface area (Å²) in [6, 6.07) is 15.1. The van der Waals surface area contributed by atoms with Crippen molar-refractivity contribution in [2.24, 2.45) is 0 Å². The summed E-state index contributed by atoms with van der Waals surface area (Å²) in [5.41, 5.74) is 7.80. The van der Waals surface area contributed by atoms with Crippen LogP contribution in [-0.2, 0) is 0 Å². The third-order valence-corrected chi connectivity index (χ3v) is 5.10. The van der Waals surface area contributed by atoms with Gasteiger partial charge in [-0.05, 0) is 69.2 Å². The second-order valence-corrected chi connectivity index (χ2v) is 6.93. The molecule has 2 aromatic carbocycles. The van der Waals surface area contributed by atoms with E-state index in [2.05, 4.69) is 71.4 Å². The van der Waals surface area contributed by atoms with Crippen molar-refractivity contribution in [2.45, 2.75) is 27.7 Å². The van der Waals surface area contributed by atoms with E-state index < -0.39 is 0 Å². The first-order valence-electron chi connectivity index (χ1n) is 9.48. The molecule has 0 bridgehead atoms. The van der Waals surface area contributed by atoms with Crippen molar-refractivity contribution < 1.29 is 4.52 Å². The molecule has 0 atom stereocenters. The molecule has 2 aromatic heterocycles. The first-order valence-corrected chi connectivity index (χ1v) is 9.48. The second kappa shape index (κ2) is 7.35. The molecular weight excluding hydrogens is 348 g/mol. The lowest BCUT2D eigenvalue weighted by Gasteiger charge is -2.26. The van der Waals surface area contributed by atoms with Crippen molar-refractivity contribution in [2.75, 3.05) is 11.4 Å². The van der Waals surface area contributed by atoms with E-state index in [-0.39, 0.29) is 0 Å². The lowest BCUT2D eigenvalue weighted by Crippen LogP contribution is -2.17. The van der Waals surface area contributed by atoms with Gasteiger partial charge in [0.1, 0.15) is 5.76 Å². The summed E-state index contributed by atoms with van der Waals surface area (Å²) in [5, 5.41) is 4.11. The fourth-order valence-corrected chi connectivity index (χ4v) is 3.66. The standard InChI is InChI=1S/C23H24N4O/c1-5-27(21-10-8-20(9-11-21)26-13-12-24-15-26)22-14-19(7-6-16(22)2)23-17(3)25-28-18(23)4/h6-15H,5H2,1-4H3. The van der Waals surface area contributed by atoms with Gasteiger partial charge in [-0.15, -0.1) is 0 Å². The Morgan fingerprint density at radius 3 is 2.43 bits per heavy atom. The minimum Gasteiger partial charge on any atom is -0.361 e. The van der Waals surface area contributed by atoms with Gasteiger partial charge >= 0.3 is 0 Å². The highest BCUT2D eigenvalue weighted by molar-refractivity contribution is 5.76. The van der Waals surface area contributed by atoms with E-state index in [1.165, 1.54) is 11.3 Å². The van der Waals surface area contributed by atoms with Gasteiger partial charge in [-0.1, -0.05) is 17.3 Å². The zero-order chi connectivity index (χ0) is 19.7. The normalized spacial score (nSPS) is 11.0. The van der Waals surface area contributed by atoms with Gasteiger partial charge in [0.15, 0.2) is 0 Å². The van der Waals surface area contributed by atoms with Crippen LogP contribution in [0.25, 0.3) is 16.8 Å². The van der Waals surface area contributed by atoms with Crippen LogP contribution in [0.5, 0.6) is 0 Å². The Morgan fingerprint density at radius 2 is 1.82 bits per heavy atom. The minimum atomic E-state index is 0.847. The average molecular weight is 372 g/mol. The number of imidazole rings is 1. The highest BCUT2D eigenvalue weighted by atomic mass is 16.5. The van der Waals surface area contributed by atoms with Gasteiger partial charge in [0, 0.05) is 41.6 Å². The van der Waals surface area contributed by atoms with E-state index in [4.69, 9.17) is 4.52 Å². The SMILES string of the molecule is CCN(c1ccc(-n2ccnc2)cc1)c1cc(-c2c(C)noc2C)ccc1C. The summed E-state index contributed by atoms with van der Waals surface area (Å²) in [4.78, 5) is 6.45. The summed E-state index contributed by atoms with van der Waals surface area (Å²) >= 11 is 0. The largest absolute Gasteiger partial charge is 0.361 e. The van der Waals surface area contributed by atoms with Crippen molar-refractivity contribution >= 4 is 11.4 Å². The zero-order valence-corrected chi connectivity index (χ0v) is 16.7. The second-order valence-electron chi connectivity index (χ2n) is 6.93. The maximum atomic E-state index is 5.37. The maximum Gasteiger partial charge on any atom is 0.141 e. The number of benzene rings is 2. The summed E-state index contributed by atoms with van der Waals surface area (Å²) in [7, 11) is 0. The number of aromatic nitrogens is 3. The Hall–Kier alpha value is -3.34. The van der Waals surface area contributed by atoms with Gasteiger partial charge < -0.3 is 14.0 Å². The number of hydrogen-bond donors (Lipinski definition) is 0. The van der Waals surface area contributed by atoms with Gasteiger partial charge in [0.05, 0.1) is 12.0 Å². The van der Waals surface area contributed by atoms with Crippen LogP contribution in [0.15, 0.2) is 65.7 Å². The number of anilines is 2. The van der Waals surface area contributed by atoms with Gasteiger partial charge in [0.25, 0.3) is 0 Å². The molecule has 0 aliphatic heterocycles. The van der Waals surface area contributed by atoms with Crippen LogP contribution in [0.4, 0.5) is 11.4 Å². The molecule has 0 N–H and O–H groups in total. The molecule has 0 fully saturated rings. The van der Waals surface area contributed by atoms with Crippen LogP contribution >= 0.6 is 0 Å². The van der Waals surface area contributed by atoms with Crippen LogP contribution in [0, 0.1) is 20.8 Å². The molecule has 0 saturated carbocycles. The van der Waals surface area contributed by atoms with Gasteiger partial charge in [-0.2, -0.15) is 0 Å². The highest BCUT2D eigenvalue weighted by Gasteiger charge is 2.16. The third-order valence-electron chi connectivity index (χ3n) is 5.10. The lowest BCUT2D eigenvalue weighted by atomic mass is 10.0. The number of rotatable bonds is 5. The van der Waals surface area contributed by atoms with E-state index in [1.54, 1.807) is 6.20 Å². The Morgan fingerprint density at radius 1 is 1.04 bits per heavy atom. The van der Waals surface area contributed by atoms with Crippen molar-refractivity contribution in [1.82, 2.24) is 14.7 Å². The molecule has 28 heavy (non-hydrogen) atoms. The summed E-state index contributed by atoms with van der Waals surface area (Å²) < 4.78 is 7.37. The average Bonchev–Trinajstić information content (AvgIpc) is 3.35. The highest BCUT2D eigenvalue weighted by Crippen LogP contribution is 2.35. The first-order chi connectivity index (χ1) is 13.6. The molecule has 5 heteroatoms. The van der Waals surface area contributed by atoms with Crippen LogP contribution in [0.3, 0.4) is 0 Å². The predicted octanol–water partition coefficient (Wildman–Crippen LogP) is 5.61. The lowest BCUT2D eigenvalue weighted by molar-refractivity contribution is 0.393. The van der Waals surface area contributed by atoms with Crippen LogP contribution in [0.1, 0.15) is 23.9 Å². The van der Waals surface area contributed by atoms with E-state index in [1.807, 2.05) is 30.9 Å². The maximum absolute atomic E-state index is 5.37. The molecule has 0 aliphatic rings. The smallest absolute Gasteiger partial charge is 0.141 e. The summed E-state index contributed by atoms with van der Waals surface area (Å²) in [6.45, 7) is 9.14. The summed E-state index contributed by atoms with van der Waals surface area (Å²) in [5.74, 6) is 0.847. The van der Waals surface area contributed by atoms with Gasteiger partial charge in [-0.3, -0.25) is 0 Å². The Bertz CT molecular complexity index is 1060. The van der Waals surface area contributed by atoms with Crippen molar-refractivity contribution in [3.63, 3.8) is 0 Å². The molecule has 4 aromatic rings. The monoisotopic (exact) mass is 372 g/mol. The van der Waals surface area contributed by atoms with E-state index in [0.29, 0.717) is 0 Å². The molecule has 142 valence electrons. The Labute approximate surface area is 165 Å². The van der Waals surface area contributed by atoms with Crippen molar-refractivity contribution in [3.05, 3.63) is 78.2 Å². The molecule has 4 rings (SSSR count). The Balaban J connectivity index is 1.73. The number of aryl methyl sites for hydroxylation is 3. The van der Waals surface area contributed by atoms with E-state index in [9.17, 15) is 0 Å². The van der Waals surface area contributed by atoms with Gasteiger partial charge in [-0.25, -0.2) is 4.98 Å². The molecule has 0 spiro atoms. The summed E-state index contributed by atoms with van der Waals surface area (Å²) in [6.07, 6.45) is 5.55. The fourth-order valence-electron chi connectivity index (χ4n) is 3.66. The molecule has 0 amide bonds. The van der Waals surface area contributed by atoms with Gasteiger partial charge in [0.2, 0.25) is 0 Å². The van der Waals surface area contributed by atoms with Crippen molar-refractivity contribution in [1.29, 1.82) is 0 Å². The molecule has 0 unspecified atom stereocenters. The molecular formula is C23H24N4O. The number of hydrogen-bond acceptors (Lipinski definition) is 4. The quantitative estimate of drug-likeness (QED) is 0.457. The van der Waals surface area contributed by atoms with Crippen molar-refractivity contribution in [3.8, 4) is 16.8 Å². The topological polar surface area (TPSA) is 47.1 Å². The first kappa shape index (κ1) is 18.0. The molecule has 5 nitrogen and oxygen atoms in total. The third kappa shape index (κ3) is 3.20. The molecule has 0 saturated heterocycles. The Kier molecular flexibility index (Phi) is 4.74. The predicted molar refractivity (Wildman–Crippen MR) is 112 cm³/mol. The minimum absolute atomic E-state index is 0.847. The van der Waals surface area contributed by atoms with Crippen LogP contribution < -0.4 is 4.90 Å². The molecule has 0 aliphatic carbocycles. The molecule has 2 heterocycles. The fraction of sp³-hybridized carbons (Fsp3) is 0.217. The van der Waals surface area contributed by atoms with E-state index in [0.717, 1.165) is 40.5 Å².